The van der Waals surface area contributed by atoms with E-state index in [9.17, 15) is 0 Å². The molecule has 0 spiro atoms. The van der Waals surface area contributed by atoms with Gasteiger partial charge in [-0.05, 0) is 65.7 Å². The van der Waals surface area contributed by atoms with Gasteiger partial charge < -0.3 is 0 Å². The van der Waals surface area contributed by atoms with Crippen molar-refractivity contribution in [2.24, 2.45) is 0 Å². The van der Waals surface area contributed by atoms with Crippen LogP contribution in [-0.4, -0.2) is 0 Å². The van der Waals surface area contributed by atoms with Gasteiger partial charge in [0.1, 0.15) is 0 Å². The van der Waals surface area contributed by atoms with E-state index >= 15 is 0 Å². The second kappa shape index (κ2) is 14.0. The normalized spacial score (nSPS) is 19.6. The lowest BCUT2D eigenvalue weighted by Gasteiger charge is -2.21. The lowest BCUT2D eigenvalue weighted by Crippen LogP contribution is -1.92. The summed E-state index contributed by atoms with van der Waals surface area (Å²) in [5.74, 6) is 6.32. The molecule has 0 atom stereocenters. The summed E-state index contributed by atoms with van der Waals surface area (Å²) in [6.07, 6.45) is 0. The SMILES string of the molecule is c1ccc2c3ccc(c2c1)CSP1SCc2ccc(c4ccccc24)CSP(SC3)SCc2ccc(c3ccccc23)CS1. The largest absolute Gasteiger partial charge is 0.107 e. The van der Waals surface area contributed by atoms with Crippen LogP contribution < -0.4 is 0 Å². The Morgan fingerprint density at radius 2 is 0.455 bits per heavy atom. The van der Waals surface area contributed by atoms with Crippen molar-refractivity contribution in [1.82, 2.24) is 0 Å². The van der Waals surface area contributed by atoms with E-state index in [0.29, 0.717) is 0 Å². The van der Waals surface area contributed by atoms with Crippen molar-refractivity contribution in [2.75, 3.05) is 0 Å². The lowest BCUT2D eigenvalue weighted by molar-refractivity contribution is 1.41. The fraction of sp³-hybridized carbons (Fsp3) is 0.167. The Labute approximate surface area is 286 Å². The predicted molar refractivity (Wildman–Crippen MR) is 213 cm³/mol. The molecule has 0 unspecified atom stereocenters. The van der Waals surface area contributed by atoms with Crippen LogP contribution in [0.2, 0.25) is 0 Å². The number of benzene rings is 6. The molecule has 0 saturated carbocycles. The van der Waals surface area contributed by atoms with E-state index in [0.717, 1.165) is 34.5 Å². The van der Waals surface area contributed by atoms with Gasteiger partial charge in [-0.3, -0.25) is 0 Å². The highest BCUT2D eigenvalue weighted by Gasteiger charge is 2.20. The molecule has 5 heterocycles. The Hall–Kier alpha value is -0.940. The van der Waals surface area contributed by atoms with E-state index < -0.39 is 0 Å². The molecule has 220 valence electrons. The van der Waals surface area contributed by atoms with E-state index in [-0.39, 0.29) is 11.1 Å². The highest BCUT2D eigenvalue weighted by Crippen LogP contribution is 2.74. The van der Waals surface area contributed by atoms with Crippen LogP contribution in [0.4, 0.5) is 0 Å². The van der Waals surface area contributed by atoms with E-state index in [2.05, 4.69) is 177 Å². The van der Waals surface area contributed by atoms with Gasteiger partial charge in [-0.15, -0.1) is 68.3 Å². The minimum absolute atomic E-state index is 0.376. The molecule has 44 heavy (non-hydrogen) atoms. The van der Waals surface area contributed by atoms with Gasteiger partial charge in [0.05, 0.1) is 11.1 Å². The monoisotopic (exact) mass is 716 g/mol. The Morgan fingerprint density at radius 1 is 0.273 bits per heavy atom. The second-order valence-corrected chi connectivity index (χ2v) is 30.4. The van der Waals surface area contributed by atoms with Crippen LogP contribution in [0, 0.1) is 0 Å². The fourth-order valence-corrected chi connectivity index (χ4v) is 24.9. The minimum atomic E-state index is -0.376. The van der Waals surface area contributed by atoms with E-state index in [1.165, 1.54) is 65.7 Å². The van der Waals surface area contributed by atoms with Crippen LogP contribution >= 0.6 is 79.3 Å². The summed E-state index contributed by atoms with van der Waals surface area (Å²) < 4.78 is 0. The maximum absolute atomic E-state index is 2.43. The summed E-state index contributed by atoms with van der Waals surface area (Å²) in [6, 6.07) is 42.0. The number of fused-ring (bicyclic) bond motifs is 2. The third-order valence-corrected chi connectivity index (χ3v) is 29.7. The first-order valence-electron chi connectivity index (χ1n) is 14.7. The standard InChI is InChI=1S/C36H30P2S6/c1-2-8-32-26-14-13-25(31(32)7-1)19-39-37-41-21-27-15-17-29(35-11-5-3-9-33(27)35)23-43-38(40-20-26)44-24-30-18-16-28(22-42-37)34-10-4-6-12-36(30)34/h1-18H,19-24H2. The van der Waals surface area contributed by atoms with Crippen LogP contribution in [-0.2, 0) is 34.5 Å². The first-order valence-corrected chi connectivity index (χ1v) is 26.9. The Bertz CT molecular complexity index is 1610. The van der Waals surface area contributed by atoms with Gasteiger partial charge in [0.15, 0.2) is 0 Å². The third-order valence-electron chi connectivity index (χ3n) is 8.27. The third kappa shape index (κ3) is 6.45. The van der Waals surface area contributed by atoms with Gasteiger partial charge in [-0.1, -0.05) is 109 Å². The molecule has 0 aliphatic carbocycles. The smallest absolute Gasteiger partial charge is 0.0739 e. The molecule has 5 aliphatic rings. The molecule has 6 aromatic carbocycles. The summed E-state index contributed by atoms with van der Waals surface area (Å²) in [7, 11) is 0. The highest BCUT2D eigenvalue weighted by atomic mass is 33.4. The van der Waals surface area contributed by atoms with E-state index in [4.69, 9.17) is 0 Å². The van der Waals surface area contributed by atoms with Crippen molar-refractivity contribution in [1.29, 1.82) is 0 Å². The van der Waals surface area contributed by atoms with Gasteiger partial charge >= 0.3 is 0 Å². The van der Waals surface area contributed by atoms with Gasteiger partial charge in [-0.25, -0.2) is 0 Å². The molecule has 0 fully saturated rings. The fourth-order valence-electron chi connectivity index (χ4n) is 5.98. The van der Waals surface area contributed by atoms with E-state index in [1.54, 1.807) is 0 Å². The lowest BCUT2D eigenvalue weighted by atomic mass is 10.0. The van der Waals surface area contributed by atoms with Crippen molar-refractivity contribution >= 4 is 112 Å². The predicted octanol–water partition coefficient (Wildman–Crippen LogP) is 14.4. The van der Waals surface area contributed by atoms with Gasteiger partial charge in [0, 0.05) is 34.5 Å². The summed E-state index contributed by atoms with van der Waals surface area (Å²) in [5.41, 5.74) is 8.12. The maximum Gasteiger partial charge on any atom is 0.0739 e. The number of hydrogen-bond acceptors (Lipinski definition) is 6. The van der Waals surface area contributed by atoms with Crippen molar-refractivity contribution in [3.8, 4) is 0 Å². The first kappa shape index (κ1) is 30.4. The molecule has 8 bridgehead atoms. The van der Waals surface area contributed by atoms with Crippen molar-refractivity contribution in [3.63, 3.8) is 0 Å². The maximum atomic E-state index is 2.43. The average Bonchev–Trinajstić information content (AvgIpc) is 3.08. The number of hydrogen-bond donors (Lipinski definition) is 0. The molecule has 0 amide bonds. The summed E-state index contributed by atoms with van der Waals surface area (Å²) in [4.78, 5) is 0. The Balaban J connectivity index is 1.26. The van der Waals surface area contributed by atoms with Crippen LogP contribution in [0.5, 0.6) is 0 Å². The summed E-state index contributed by atoms with van der Waals surface area (Å²) in [6.45, 7) is 0. The zero-order chi connectivity index (χ0) is 29.3. The zero-order valence-corrected chi connectivity index (χ0v) is 30.7. The molecular weight excluding hydrogens is 687 g/mol. The quantitative estimate of drug-likeness (QED) is 0.143. The van der Waals surface area contributed by atoms with Gasteiger partial charge in [-0.2, -0.15) is 0 Å². The van der Waals surface area contributed by atoms with Crippen LogP contribution in [0.25, 0.3) is 32.3 Å². The first-order chi connectivity index (χ1) is 21.8. The molecule has 0 radical (unpaired) electrons. The van der Waals surface area contributed by atoms with Crippen LogP contribution in [0.15, 0.2) is 109 Å². The topological polar surface area (TPSA) is 0 Å². The molecule has 6 aromatic rings. The molecule has 5 aliphatic heterocycles. The molecular formula is C36H30P2S6. The average molecular weight is 717 g/mol. The number of rotatable bonds is 0. The Morgan fingerprint density at radius 3 is 0.636 bits per heavy atom. The van der Waals surface area contributed by atoms with Gasteiger partial charge in [0.25, 0.3) is 0 Å². The molecule has 8 heteroatoms. The second-order valence-electron chi connectivity index (χ2n) is 10.9. The summed E-state index contributed by atoms with van der Waals surface area (Å²) in [5, 5.41) is 8.65. The van der Waals surface area contributed by atoms with Crippen LogP contribution in [0.1, 0.15) is 33.4 Å². The minimum Gasteiger partial charge on any atom is -0.107 e. The molecule has 11 rings (SSSR count). The van der Waals surface area contributed by atoms with Crippen LogP contribution in [0.3, 0.4) is 0 Å². The molecule has 0 N–H and O–H groups in total. The van der Waals surface area contributed by atoms with E-state index in [1.807, 2.05) is 0 Å². The summed E-state index contributed by atoms with van der Waals surface area (Å²) >= 11 is 13.0. The zero-order valence-electron chi connectivity index (χ0n) is 24.0. The molecule has 0 saturated heterocycles. The van der Waals surface area contributed by atoms with Gasteiger partial charge in [0.2, 0.25) is 0 Å². The van der Waals surface area contributed by atoms with Crippen molar-refractivity contribution in [3.05, 3.63) is 143 Å². The Kier molecular flexibility index (Phi) is 9.70. The molecule has 0 aromatic heterocycles. The van der Waals surface area contributed by atoms with Crippen molar-refractivity contribution < 1.29 is 0 Å². The highest BCUT2D eigenvalue weighted by molar-refractivity contribution is 9.12. The van der Waals surface area contributed by atoms with Crippen molar-refractivity contribution in [2.45, 2.75) is 34.5 Å². The molecule has 0 nitrogen and oxygen atoms in total.